The number of nitrogens with zero attached hydrogens (tertiary/aromatic N) is 1. The fourth-order valence-electron chi connectivity index (χ4n) is 1.95. The highest BCUT2D eigenvalue weighted by Gasteiger charge is 2.36. The van der Waals surface area contributed by atoms with Gasteiger partial charge in [-0.2, -0.15) is 4.31 Å². The number of rotatable bonds is 1. The predicted octanol–water partition coefficient (Wildman–Crippen LogP) is 1.71. The molecule has 0 bridgehead atoms. The van der Waals surface area contributed by atoms with Gasteiger partial charge in [-0.05, 0) is 18.1 Å². The highest BCUT2D eigenvalue weighted by atomic mass is 32.2. The van der Waals surface area contributed by atoms with Gasteiger partial charge in [-0.15, -0.1) is 0 Å². The Morgan fingerprint density at radius 1 is 1.31 bits per heavy atom. The highest BCUT2D eigenvalue weighted by molar-refractivity contribution is 7.89. The molecule has 1 aromatic rings. The minimum absolute atomic E-state index is 0.181. The lowest BCUT2D eigenvalue weighted by Crippen LogP contribution is -2.48. The quantitative estimate of drug-likeness (QED) is 0.813. The maximum atomic E-state index is 12.2. The van der Waals surface area contributed by atoms with Crippen molar-refractivity contribution in [3.05, 3.63) is 24.3 Å². The maximum absolute atomic E-state index is 12.2. The van der Waals surface area contributed by atoms with Crippen LogP contribution in [0.4, 0.5) is 5.69 Å². The van der Waals surface area contributed by atoms with Gasteiger partial charge >= 0.3 is 0 Å². The second-order valence-corrected chi connectivity index (χ2v) is 6.32. The Balaban J connectivity index is 2.57. The second kappa shape index (κ2) is 3.75. The topological polar surface area (TPSA) is 49.4 Å². The van der Waals surface area contributed by atoms with Gasteiger partial charge in [0, 0.05) is 7.05 Å². The number of sulfonamides is 1. The molecule has 0 aliphatic carbocycles. The van der Waals surface area contributed by atoms with E-state index in [0.717, 1.165) is 0 Å². The molecule has 1 aliphatic heterocycles. The molecule has 0 amide bonds. The molecule has 1 unspecified atom stereocenters. The molecule has 4 nitrogen and oxygen atoms in total. The van der Waals surface area contributed by atoms with E-state index in [9.17, 15) is 8.42 Å². The highest BCUT2D eigenvalue weighted by Crippen LogP contribution is 2.32. The van der Waals surface area contributed by atoms with E-state index in [1.165, 1.54) is 4.31 Å². The van der Waals surface area contributed by atoms with Gasteiger partial charge in [0.1, 0.15) is 4.90 Å². The predicted molar refractivity (Wildman–Crippen MR) is 63.6 cm³/mol. The lowest BCUT2D eigenvalue weighted by Gasteiger charge is -2.36. The van der Waals surface area contributed by atoms with Crippen LogP contribution < -0.4 is 5.32 Å². The summed E-state index contributed by atoms with van der Waals surface area (Å²) in [7, 11) is -1.73. The van der Waals surface area contributed by atoms with Crippen molar-refractivity contribution in [1.29, 1.82) is 0 Å². The van der Waals surface area contributed by atoms with Crippen LogP contribution in [0, 0.1) is 5.92 Å². The Morgan fingerprint density at radius 2 is 1.94 bits per heavy atom. The normalized spacial score (nSPS) is 23.9. The summed E-state index contributed by atoms with van der Waals surface area (Å²) in [5.41, 5.74) is 0.694. The van der Waals surface area contributed by atoms with Gasteiger partial charge in [-0.3, -0.25) is 0 Å². The zero-order chi connectivity index (χ0) is 11.9. The zero-order valence-electron chi connectivity index (χ0n) is 9.64. The van der Waals surface area contributed by atoms with E-state index < -0.39 is 10.0 Å². The average molecular weight is 240 g/mol. The van der Waals surface area contributed by atoms with Crippen LogP contribution in [0.2, 0.25) is 0 Å². The summed E-state index contributed by atoms with van der Waals surface area (Å²) < 4.78 is 25.8. The first-order valence-electron chi connectivity index (χ1n) is 5.28. The number of nitrogens with one attached hydrogen (secondary N) is 1. The van der Waals surface area contributed by atoms with E-state index in [0.29, 0.717) is 10.6 Å². The largest absolute Gasteiger partial charge is 0.367 e. The van der Waals surface area contributed by atoms with Gasteiger partial charge in [0.25, 0.3) is 0 Å². The van der Waals surface area contributed by atoms with E-state index in [1.807, 2.05) is 19.9 Å². The third-order valence-corrected chi connectivity index (χ3v) is 4.77. The molecule has 1 aromatic carbocycles. The van der Waals surface area contributed by atoms with Crippen LogP contribution in [0.1, 0.15) is 13.8 Å². The summed E-state index contributed by atoms with van der Waals surface area (Å²) in [6.07, 6.45) is -0.181. The molecule has 0 radical (unpaired) electrons. The second-order valence-electron chi connectivity index (χ2n) is 4.35. The van der Waals surface area contributed by atoms with Crippen molar-refractivity contribution >= 4 is 15.7 Å². The van der Waals surface area contributed by atoms with Gasteiger partial charge in [0.2, 0.25) is 10.0 Å². The maximum Gasteiger partial charge on any atom is 0.246 e. The van der Waals surface area contributed by atoms with E-state index >= 15 is 0 Å². The molecule has 88 valence electrons. The zero-order valence-corrected chi connectivity index (χ0v) is 10.5. The number of benzene rings is 1. The van der Waals surface area contributed by atoms with E-state index in [2.05, 4.69) is 5.32 Å². The number of anilines is 1. The molecule has 1 N–H and O–H groups in total. The molecule has 2 rings (SSSR count). The lowest BCUT2D eigenvalue weighted by molar-refractivity contribution is 0.318. The third kappa shape index (κ3) is 1.60. The summed E-state index contributed by atoms with van der Waals surface area (Å²) in [5, 5.41) is 3.25. The summed E-state index contributed by atoms with van der Waals surface area (Å²) in [4.78, 5) is 0.356. The molecule has 5 heteroatoms. The Bertz CT molecular complexity index is 496. The van der Waals surface area contributed by atoms with Gasteiger partial charge in [0.15, 0.2) is 0 Å². The third-order valence-electron chi connectivity index (χ3n) is 2.87. The summed E-state index contributed by atoms with van der Waals surface area (Å²) in [5.74, 6) is 0.216. The first-order valence-corrected chi connectivity index (χ1v) is 6.72. The Labute approximate surface area is 96.3 Å². The number of hydrogen-bond acceptors (Lipinski definition) is 3. The minimum atomic E-state index is -3.34. The molecule has 1 atom stereocenters. The van der Waals surface area contributed by atoms with Crippen LogP contribution >= 0.6 is 0 Å². The lowest BCUT2D eigenvalue weighted by atomic mass is 10.1. The van der Waals surface area contributed by atoms with Crippen LogP contribution in [0.3, 0.4) is 0 Å². The molecule has 1 aliphatic rings. The summed E-state index contributed by atoms with van der Waals surface area (Å²) >= 11 is 0. The Kier molecular flexibility index (Phi) is 2.67. The van der Waals surface area contributed by atoms with Crippen molar-refractivity contribution in [1.82, 2.24) is 4.31 Å². The first-order chi connectivity index (χ1) is 7.44. The van der Waals surface area contributed by atoms with E-state index in [1.54, 1.807) is 25.2 Å². The van der Waals surface area contributed by atoms with Crippen LogP contribution in [0.25, 0.3) is 0 Å². The van der Waals surface area contributed by atoms with Gasteiger partial charge in [-0.25, -0.2) is 8.42 Å². The van der Waals surface area contributed by atoms with E-state index in [4.69, 9.17) is 0 Å². The molecular weight excluding hydrogens is 224 g/mol. The van der Waals surface area contributed by atoms with Crippen molar-refractivity contribution in [2.75, 3.05) is 12.4 Å². The standard InChI is InChI=1S/C11H16N2O2S/c1-8(2)11-12-9-6-4-5-7-10(9)16(14,15)13(11)3/h4-8,11-12H,1-3H3. The van der Waals surface area contributed by atoms with Gasteiger partial charge in [0.05, 0.1) is 11.9 Å². The molecule has 0 saturated carbocycles. The summed E-state index contributed by atoms with van der Waals surface area (Å²) in [6, 6.07) is 7.01. The molecule has 0 saturated heterocycles. The fourth-order valence-corrected chi connectivity index (χ4v) is 3.51. The van der Waals surface area contributed by atoms with E-state index in [-0.39, 0.29) is 12.1 Å². The molecule has 0 aromatic heterocycles. The SMILES string of the molecule is CC(C)C1Nc2ccccc2S(=O)(=O)N1C. The molecule has 1 heterocycles. The van der Waals surface area contributed by atoms with Crippen molar-refractivity contribution in [2.24, 2.45) is 5.92 Å². The number of hydrogen-bond donors (Lipinski definition) is 1. The van der Waals surface area contributed by atoms with Crippen molar-refractivity contribution < 1.29 is 8.42 Å². The monoisotopic (exact) mass is 240 g/mol. The number of para-hydroxylation sites is 1. The smallest absolute Gasteiger partial charge is 0.246 e. The molecule has 0 spiro atoms. The Hall–Kier alpha value is -1.07. The molecule has 16 heavy (non-hydrogen) atoms. The van der Waals surface area contributed by atoms with Crippen LogP contribution in [0.5, 0.6) is 0 Å². The average Bonchev–Trinajstić information content (AvgIpc) is 2.23. The van der Waals surface area contributed by atoms with Gasteiger partial charge < -0.3 is 5.32 Å². The molecular formula is C11H16N2O2S. The van der Waals surface area contributed by atoms with Crippen LogP contribution in [-0.2, 0) is 10.0 Å². The fraction of sp³-hybridized carbons (Fsp3) is 0.455. The number of fused-ring (bicyclic) bond motifs is 1. The van der Waals surface area contributed by atoms with Crippen LogP contribution in [0.15, 0.2) is 29.2 Å². The summed E-state index contributed by atoms with van der Waals surface area (Å²) in [6.45, 7) is 4.00. The van der Waals surface area contributed by atoms with Gasteiger partial charge in [-0.1, -0.05) is 26.0 Å². The van der Waals surface area contributed by atoms with Crippen molar-refractivity contribution in [3.63, 3.8) is 0 Å². The first kappa shape index (κ1) is 11.4. The van der Waals surface area contributed by atoms with Crippen LogP contribution in [-0.4, -0.2) is 25.9 Å². The minimum Gasteiger partial charge on any atom is -0.367 e. The molecule has 0 fully saturated rings. The van der Waals surface area contributed by atoms with Crippen molar-refractivity contribution in [2.45, 2.75) is 24.9 Å². The Morgan fingerprint density at radius 3 is 2.56 bits per heavy atom. The van der Waals surface area contributed by atoms with Crippen molar-refractivity contribution in [3.8, 4) is 0 Å².